The van der Waals surface area contributed by atoms with Gasteiger partial charge in [0.2, 0.25) is 0 Å². The Hall–Kier alpha value is -0.750. The van der Waals surface area contributed by atoms with E-state index in [-0.39, 0.29) is 0 Å². The Bertz CT molecular complexity index is 558. The third kappa shape index (κ3) is 4.12. The highest BCUT2D eigenvalue weighted by Crippen LogP contribution is 2.25. The molecule has 5 heteroatoms. The van der Waals surface area contributed by atoms with Gasteiger partial charge in [-0.1, -0.05) is 34.1 Å². The van der Waals surface area contributed by atoms with E-state index in [4.69, 9.17) is 0 Å². The molecule has 0 aliphatic carbocycles. The van der Waals surface area contributed by atoms with Crippen LogP contribution in [0.2, 0.25) is 0 Å². The van der Waals surface area contributed by atoms with Crippen molar-refractivity contribution in [3.8, 4) is 0 Å². The summed E-state index contributed by atoms with van der Waals surface area (Å²) in [7, 11) is 2.08. The van der Waals surface area contributed by atoms with Gasteiger partial charge < -0.3 is 10.0 Å². The molecule has 0 bridgehead atoms. The number of aliphatic hydroxyl groups is 1. The van der Waals surface area contributed by atoms with Crippen LogP contribution in [0, 0.1) is 6.92 Å². The van der Waals surface area contributed by atoms with Gasteiger partial charge >= 0.3 is 0 Å². The molecule has 0 amide bonds. The Morgan fingerprint density at radius 1 is 1.40 bits per heavy atom. The molecule has 1 unspecified atom stereocenters. The first-order chi connectivity index (χ1) is 9.58. The van der Waals surface area contributed by atoms with Gasteiger partial charge in [-0.25, -0.2) is 4.98 Å². The van der Waals surface area contributed by atoms with Gasteiger partial charge in [0.1, 0.15) is 0 Å². The normalized spacial score (nSPS) is 12.8. The number of nitrogens with zero attached hydrogens (tertiary/aromatic N) is 2. The molecule has 0 fully saturated rings. The molecule has 0 aliphatic rings. The molecule has 1 atom stereocenters. The fourth-order valence-electron chi connectivity index (χ4n) is 2.05. The molecular weight excluding hydrogens is 336 g/mol. The first-order valence-electron chi connectivity index (χ1n) is 6.58. The largest absolute Gasteiger partial charge is 0.388 e. The highest BCUT2D eigenvalue weighted by Gasteiger charge is 2.12. The van der Waals surface area contributed by atoms with Gasteiger partial charge in [-0.15, -0.1) is 11.3 Å². The third-order valence-corrected chi connectivity index (χ3v) is 4.95. The van der Waals surface area contributed by atoms with E-state index in [1.807, 2.05) is 36.7 Å². The number of aromatic nitrogens is 1. The Balaban J connectivity index is 1.86. The summed E-state index contributed by atoms with van der Waals surface area (Å²) in [6.07, 6.45) is 0.285. The molecular formula is C15H19BrN2OS. The van der Waals surface area contributed by atoms with Crippen molar-refractivity contribution < 1.29 is 5.11 Å². The van der Waals surface area contributed by atoms with Gasteiger partial charge in [0.15, 0.2) is 0 Å². The summed E-state index contributed by atoms with van der Waals surface area (Å²) >= 11 is 5.17. The Kier molecular flexibility index (Phi) is 5.72. The van der Waals surface area contributed by atoms with Crippen LogP contribution in [0.5, 0.6) is 0 Å². The van der Waals surface area contributed by atoms with Crippen molar-refractivity contribution in [2.24, 2.45) is 0 Å². The van der Waals surface area contributed by atoms with Crippen LogP contribution < -0.4 is 0 Å². The maximum atomic E-state index is 10.3. The minimum Gasteiger partial charge on any atom is -0.388 e. The van der Waals surface area contributed by atoms with Crippen LogP contribution in [0.15, 0.2) is 34.2 Å². The van der Waals surface area contributed by atoms with Crippen LogP contribution in [0.1, 0.15) is 28.7 Å². The molecule has 1 aromatic heterocycles. The van der Waals surface area contributed by atoms with Crippen molar-refractivity contribution in [2.45, 2.75) is 26.0 Å². The highest BCUT2D eigenvalue weighted by atomic mass is 79.9. The van der Waals surface area contributed by atoms with E-state index in [0.717, 1.165) is 35.2 Å². The lowest BCUT2D eigenvalue weighted by atomic mass is 10.1. The average molecular weight is 355 g/mol. The maximum absolute atomic E-state index is 10.3. The second kappa shape index (κ2) is 7.31. The summed E-state index contributed by atoms with van der Waals surface area (Å²) in [6, 6.07) is 7.83. The van der Waals surface area contributed by atoms with Crippen molar-refractivity contribution in [3.63, 3.8) is 0 Å². The number of halogens is 1. The van der Waals surface area contributed by atoms with Gasteiger partial charge in [-0.3, -0.25) is 0 Å². The topological polar surface area (TPSA) is 36.4 Å². The van der Waals surface area contributed by atoms with E-state index in [2.05, 4.69) is 32.9 Å². The summed E-state index contributed by atoms with van der Waals surface area (Å²) in [5.74, 6) is 0. The van der Waals surface area contributed by atoms with Crippen molar-refractivity contribution in [1.29, 1.82) is 0 Å². The first-order valence-corrected chi connectivity index (χ1v) is 8.25. The third-order valence-electron chi connectivity index (χ3n) is 3.31. The van der Waals surface area contributed by atoms with Crippen LogP contribution in [0.3, 0.4) is 0 Å². The lowest BCUT2D eigenvalue weighted by Crippen LogP contribution is -2.21. The Morgan fingerprint density at radius 2 is 2.15 bits per heavy atom. The predicted molar refractivity (Wildman–Crippen MR) is 86.9 cm³/mol. The van der Waals surface area contributed by atoms with Crippen LogP contribution >= 0.6 is 27.3 Å². The van der Waals surface area contributed by atoms with Gasteiger partial charge in [0, 0.05) is 22.4 Å². The van der Waals surface area contributed by atoms with Crippen LogP contribution in [-0.4, -0.2) is 28.6 Å². The van der Waals surface area contributed by atoms with Crippen molar-refractivity contribution in [2.75, 3.05) is 13.6 Å². The highest BCUT2D eigenvalue weighted by molar-refractivity contribution is 9.10. The first kappa shape index (κ1) is 15.6. The molecule has 1 aromatic carbocycles. The standard InChI is InChI=1S/C15H19BrN2OS/c1-11-15(20-10-17-11)9-18(2)8-7-14(19)12-5-3-4-6-13(12)16/h3-6,10,14,19H,7-9H2,1-2H3. The summed E-state index contributed by atoms with van der Waals surface area (Å²) in [5, 5.41) is 10.3. The minimum atomic E-state index is -0.435. The fourth-order valence-corrected chi connectivity index (χ4v) is 3.45. The van der Waals surface area contributed by atoms with Crippen LogP contribution in [0.4, 0.5) is 0 Å². The summed E-state index contributed by atoms with van der Waals surface area (Å²) < 4.78 is 0.966. The summed E-state index contributed by atoms with van der Waals surface area (Å²) in [4.78, 5) is 7.78. The average Bonchev–Trinajstić information content (AvgIpc) is 2.82. The van der Waals surface area contributed by atoms with E-state index in [0.29, 0.717) is 0 Å². The van der Waals surface area contributed by atoms with Crippen molar-refractivity contribution in [1.82, 2.24) is 9.88 Å². The molecule has 1 N–H and O–H groups in total. The number of aliphatic hydroxyl groups excluding tert-OH is 1. The number of hydrogen-bond acceptors (Lipinski definition) is 4. The molecule has 1 heterocycles. The number of thiazole rings is 1. The molecule has 3 nitrogen and oxygen atoms in total. The van der Waals surface area contributed by atoms with E-state index < -0.39 is 6.10 Å². The second-order valence-corrected chi connectivity index (χ2v) is 6.72. The van der Waals surface area contributed by atoms with E-state index >= 15 is 0 Å². The van der Waals surface area contributed by atoms with Crippen molar-refractivity contribution >= 4 is 27.3 Å². The van der Waals surface area contributed by atoms with Crippen molar-refractivity contribution in [3.05, 3.63) is 50.4 Å². The number of hydrogen-bond donors (Lipinski definition) is 1. The zero-order valence-corrected chi connectivity index (χ0v) is 14.1. The monoisotopic (exact) mass is 354 g/mol. The molecule has 0 spiro atoms. The van der Waals surface area contributed by atoms with Gasteiger partial charge in [0.25, 0.3) is 0 Å². The van der Waals surface area contributed by atoms with E-state index in [1.54, 1.807) is 11.3 Å². The molecule has 2 aromatic rings. The zero-order chi connectivity index (χ0) is 14.5. The van der Waals surface area contributed by atoms with E-state index in [1.165, 1.54) is 4.88 Å². The molecule has 108 valence electrons. The number of aryl methyl sites for hydroxylation is 1. The Morgan fingerprint density at radius 3 is 2.80 bits per heavy atom. The molecule has 0 radical (unpaired) electrons. The van der Waals surface area contributed by atoms with Crippen LogP contribution in [-0.2, 0) is 6.54 Å². The smallest absolute Gasteiger partial charge is 0.0813 e. The summed E-state index contributed by atoms with van der Waals surface area (Å²) in [5.41, 5.74) is 3.94. The van der Waals surface area contributed by atoms with Crippen LogP contribution in [0.25, 0.3) is 0 Å². The number of rotatable bonds is 6. The SMILES string of the molecule is Cc1ncsc1CN(C)CCC(O)c1ccccc1Br. The second-order valence-electron chi connectivity index (χ2n) is 4.92. The molecule has 0 saturated carbocycles. The summed E-state index contributed by atoms with van der Waals surface area (Å²) in [6.45, 7) is 3.77. The quantitative estimate of drug-likeness (QED) is 0.857. The fraction of sp³-hybridized carbons (Fsp3) is 0.400. The maximum Gasteiger partial charge on any atom is 0.0813 e. The van der Waals surface area contributed by atoms with Gasteiger partial charge in [-0.2, -0.15) is 0 Å². The predicted octanol–water partition coefficient (Wildman–Crippen LogP) is 3.77. The lowest BCUT2D eigenvalue weighted by molar-refractivity contribution is 0.147. The molecule has 20 heavy (non-hydrogen) atoms. The zero-order valence-electron chi connectivity index (χ0n) is 11.7. The number of benzene rings is 1. The lowest BCUT2D eigenvalue weighted by Gasteiger charge is -2.19. The molecule has 2 rings (SSSR count). The Labute approximate surface area is 132 Å². The molecule has 0 aliphatic heterocycles. The van der Waals surface area contributed by atoms with E-state index in [9.17, 15) is 5.11 Å². The van der Waals surface area contributed by atoms with Gasteiger partial charge in [0.05, 0.1) is 17.3 Å². The molecule has 0 saturated heterocycles. The minimum absolute atomic E-state index is 0.435. The van der Waals surface area contributed by atoms with Gasteiger partial charge in [-0.05, 0) is 32.0 Å².